The first-order valence-electron chi connectivity index (χ1n) is 9.69. The zero-order valence-electron chi connectivity index (χ0n) is 16.5. The van der Waals surface area contributed by atoms with E-state index in [1.165, 1.54) is 10.9 Å². The minimum Gasteiger partial charge on any atom is -0.325 e. The highest BCUT2D eigenvalue weighted by Gasteiger charge is 2.45. The Kier molecular flexibility index (Phi) is 5.70. The van der Waals surface area contributed by atoms with E-state index in [4.69, 9.17) is 11.6 Å². The number of nitrogens with one attached hydrogen (secondary N) is 1. The Morgan fingerprint density at radius 1 is 1.26 bits per heavy atom. The number of carbonyl (C=O) groups excluding carboxylic acids is 1. The average Bonchev–Trinajstić information content (AvgIpc) is 3.27. The summed E-state index contributed by atoms with van der Waals surface area (Å²) in [7, 11) is 1.64. The van der Waals surface area contributed by atoms with Crippen molar-refractivity contribution in [2.24, 2.45) is 13.0 Å². The van der Waals surface area contributed by atoms with Gasteiger partial charge in [0.1, 0.15) is 5.82 Å². The second kappa shape index (κ2) is 8.30. The molecule has 1 N–H and O–H groups in total. The van der Waals surface area contributed by atoms with Gasteiger partial charge in [-0.3, -0.25) is 4.79 Å². The Morgan fingerprint density at radius 3 is 2.58 bits per heavy atom. The van der Waals surface area contributed by atoms with Crippen LogP contribution in [0.4, 0.5) is 18.9 Å². The lowest BCUT2D eigenvalue weighted by molar-refractivity contribution is -0.118. The highest BCUT2D eigenvalue weighted by molar-refractivity contribution is 6.30. The molecule has 10 heteroatoms. The Hall–Kier alpha value is -2.94. The van der Waals surface area contributed by atoms with Crippen LogP contribution in [0, 0.1) is 11.7 Å². The molecule has 0 radical (unpaired) electrons. The highest BCUT2D eigenvalue weighted by atomic mass is 35.5. The van der Waals surface area contributed by atoms with Gasteiger partial charge in [0.15, 0.2) is 0 Å². The van der Waals surface area contributed by atoms with E-state index < -0.39 is 29.5 Å². The van der Waals surface area contributed by atoms with E-state index in [0.717, 1.165) is 12.1 Å². The maximum Gasteiger partial charge on any atom is 0.248 e. The van der Waals surface area contributed by atoms with E-state index in [9.17, 15) is 18.0 Å². The van der Waals surface area contributed by atoms with Crippen LogP contribution in [0.15, 0.2) is 42.5 Å². The van der Waals surface area contributed by atoms with Crippen molar-refractivity contribution in [1.82, 2.24) is 20.2 Å². The molecular weight excluding hydrogens is 431 g/mol. The van der Waals surface area contributed by atoms with Crippen molar-refractivity contribution < 1.29 is 18.0 Å². The predicted octanol–water partition coefficient (Wildman–Crippen LogP) is 4.83. The van der Waals surface area contributed by atoms with E-state index in [-0.39, 0.29) is 30.0 Å². The maximum atomic E-state index is 13.9. The molecule has 1 aromatic heterocycles. The number of tetrazole rings is 1. The van der Waals surface area contributed by atoms with Crippen LogP contribution in [-0.4, -0.2) is 32.0 Å². The van der Waals surface area contributed by atoms with Crippen molar-refractivity contribution >= 4 is 23.2 Å². The molecule has 1 heterocycles. The lowest BCUT2D eigenvalue weighted by atomic mass is 9.83. The molecule has 1 aliphatic rings. The first kappa shape index (κ1) is 21.3. The lowest BCUT2D eigenvalue weighted by Gasteiger charge is -2.23. The van der Waals surface area contributed by atoms with Crippen LogP contribution in [0.5, 0.6) is 0 Å². The summed E-state index contributed by atoms with van der Waals surface area (Å²) in [4.78, 5) is 14.5. The summed E-state index contributed by atoms with van der Waals surface area (Å²) in [6.45, 7) is 0. The molecule has 31 heavy (non-hydrogen) atoms. The molecule has 3 aromatic rings. The third-order valence-corrected chi connectivity index (χ3v) is 5.58. The summed E-state index contributed by atoms with van der Waals surface area (Å²) in [5, 5.41) is 14.6. The van der Waals surface area contributed by atoms with E-state index in [1.807, 2.05) is 0 Å². The molecule has 162 valence electrons. The molecule has 1 saturated carbocycles. The van der Waals surface area contributed by atoms with Crippen LogP contribution < -0.4 is 5.32 Å². The van der Waals surface area contributed by atoms with Crippen molar-refractivity contribution in [3.8, 4) is 11.4 Å². The van der Waals surface area contributed by atoms with Crippen molar-refractivity contribution in [3.63, 3.8) is 0 Å². The molecule has 1 fully saturated rings. The maximum absolute atomic E-state index is 13.9. The number of benzene rings is 2. The molecule has 0 bridgehead atoms. The predicted molar refractivity (Wildman–Crippen MR) is 109 cm³/mol. The summed E-state index contributed by atoms with van der Waals surface area (Å²) >= 11 is 5.86. The number of carbonyl (C=O) groups is 1. The molecular formula is C21H19ClF3N5O. The van der Waals surface area contributed by atoms with E-state index in [1.54, 1.807) is 31.3 Å². The fraction of sp³-hybridized carbons (Fsp3) is 0.333. The number of aromatic nitrogens is 4. The van der Waals surface area contributed by atoms with Gasteiger partial charge in [-0.05, 0) is 41.3 Å². The number of amides is 1. The topological polar surface area (TPSA) is 72.7 Å². The van der Waals surface area contributed by atoms with Gasteiger partial charge in [0.05, 0.1) is 13.0 Å². The number of hydrogen-bond donors (Lipinski definition) is 1. The second-order valence-electron chi connectivity index (χ2n) is 7.71. The number of rotatable bonds is 5. The Bertz CT molecular complexity index is 1080. The summed E-state index contributed by atoms with van der Waals surface area (Å²) in [5.74, 6) is -4.88. The zero-order valence-corrected chi connectivity index (χ0v) is 17.3. The number of hydrogen-bond acceptors (Lipinski definition) is 4. The molecule has 4 rings (SSSR count). The van der Waals surface area contributed by atoms with Crippen molar-refractivity contribution in [3.05, 3.63) is 58.9 Å². The van der Waals surface area contributed by atoms with Crippen LogP contribution >= 0.6 is 11.6 Å². The lowest BCUT2D eigenvalue weighted by Crippen LogP contribution is -2.27. The standard InChI is InChI=1S/C21H19ClF3N5O/c1-30-28-19(27-29-30)13-4-2-12(3-5-13)18(14-6-7-21(24,25)11-14)20(31)26-17-9-15(22)8-16(23)10-17/h2-5,8-10,14,18H,6-7,11H2,1H3,(H,26,31)/t14-,18+/m0/s1. The van der Waals surface area contributed by atoms with Crippen molar-refractivity contribution in [2.75, 3.05) is 5.32 Å². The number of halogens is 4. The minimum atomic E-state index is -2.81. The Morgan fingerprint density at radius 2 is 2.00 bits per heavy atom. The quantitative estimate of drug-likeness (QED) is 0.605. The summed E-state index contributed by atoms with van der Waals surface area (Å²) in [6.07, 6.45) is -0.445. The van der Waals surface area contributed by atoms with Gasteiger partial charge in [0, 0.05) is 29.1 Å². The smallest absolute Gasteiger partial charge is 0.248 e. The van der Waals surface area contributed by atoms with Crippen LogP contribution in [0.3, 0.4) is 0 Å². The molecule has 1 amide bonds. The van der Waals surface area contributed by atoms with Crippen molar-refractivity contribution in [2.45, 2.75) is 31.1 Å². The van der Waals surface area contributed by atoms with E-state index >= 15 is 0 Å². The first-order chi connectivity index (χ1) is 14.7. The Balaban J connectivity index is 1.63. The SMILES string of the molecule is Cn1nnc(-c2ccc([C@@H](C(=O)Nc3cc(F)cc(Cl)c3)[C@H]3CCC(F)(F)C3)cc2)n1. The number of anilines is 1. The molecule has 6 nitrogen and oxygen atoms in total. The fourth-order valence-electron chi connectivity index (χ4n) is 3.99. The summed E-state index contributed by atoms with van der Waals surface area (Å²) in [5.41, 5.74) is 1.44. The van der Waals surface area contributed by atoms with Gasteiger partial charge < -0.3 is 5.32 Å². The molecule has 0 saturated heterocycles. The average molecular weight is 450 g/mol. The van der Waals surface area contributed by atoms with E-state index in [0.29, 0.717) is 17.0 Å². The van der Waals surface area contributed by atoms with Gasteiger partial charge >= 0.3 is 0 Å². The number of nitrogens with zero attached hydrogens (tertiary/aromatic N) is 4. The molecule has 1 aliphatic carbocycles. The third kappa shape index (κ3) is 4.87. The molecule has 0 unspecified atom stereocenters. The molecule has 2 atom stereocenters. The first-order valence-corrected chi connectivity index (χ1v) is 10.1. The van der Waals surface area contributed by atoms with Gasteiger partial charge in [-0.1, -0.05) is 35.9 Å². The number of aryl methyl sites for hydroxylation is 1. The van der Waals surface area contributed by atoms with Crippen LogP contribution in [0.2, 0.25) is 5.02 Å². The van der Waals surface area contributed by atoms with Crippen LogP contribution in [-0.2, 0) is 11.8 Å². The van der Waals surface area contributed by atoms with Gasteiger partial charge in [-0.2, -0.15) is 4.80 Å². The van der Waals surface area contributed by atoms with Crippen LogP contribution in [0.25, 0.3) is 11.4 Å². The van der Waals surface area contributed by atoms with Gasteiger partial charge in [-0.15, -0.1) is 10.2 Å². The summed E-state index contributed by atoms with van der Waals surface area (Å²) < 4.78 is 41.5. The van der Waals surface area contributed by atoms with E-state index in [2.05, 4.69) is 20.7 Å². The molecule has 2 aromatic carbocycles. The Labute approximate surface area is 181 Å². The second-order valence-corrected chi connectivity index (χ2v) is 8.14. The fourth-order valence-corrected chi connectivity index (χ4v) is 4.21. The van der Waals surface area contributed by atoms with Crippen LogP contribution in [0.1, 0.15) is 30.7 Å². The minimum absolute atomic E-state index is 0.125. The number of alkyl halides is 2. The normalized spacial score (nSPS) is 18.7. The molecule has 0 aliphatic heterocycles. The zero-order chi connectivity index (χ0) is 22.2. The monoisotopic (exact) mass is 449 g/mol. The van der Waals surface area contributed by atoms with Crippen molar-refractivity contribution in [1.29, 1.82) is 0 Å². The van der Waals surface area contributed by atoms with Gasteiger partial charge in [0.25, 0.3) is 0 Å². The molecule has 0 spiro atoms. The van der Waals surface area contributed by atoms with Gasteiger partial charge in [0.2, 0.25) is 17.7 Å². The largest absolute Gasteiger partial charge is 0.325 e. The summed E-state index contributed by atoms with van der Waals surface area (Å²) in [6, 6.07) is 10.5. The third-order valence-electron chi connectivity index (χ3n) is 5.36. The van der Waals surface area contributed by atoms with Gasteiger partial charge in [-0.25, -0.2) is 13.2 Å². The highest BCUT2D eigenvalue weighted by Crippen LogP contribution is 2.46.